The van der Waals surface area contributed by atoms with Crippen molar-refractivity contribution < 1.29 is 9.59 Å². The van der Waals surface area contributed by atoms with E-state index in [2.05, 4.69) is 10.3 Å². The van der Waals surface area contributed by atoms with Gasteiger partial charge < -0.3 is 10.2 Å². The summed E-state index contributed by atoms with van der Waals surface area (Å²) in [6.07, 6.45) is 8.36. The number of nitrogens with zero attached hydrogens (tertiary/aromatic N) is 2. The fourth-order valence-electron chi connectivity index (χ4n) is 4.29. The molecule has 1 aromatic heterocycles. The van der Waals surface area contributed by atoms with Crippen LogP contribution in [0.1, 0.15) is 54.4 Å². The molecule has 1 aliphatic carbocycles. The number of fused-ring (bicyclic) bond motifs is 1. The molecule has 1 N–H and O–H groups in total. The van der Waals surface area contributed by atoms with Crippen LogP contribution in [0, 0.1) is 5.92 Å². The van der Waals surface area contributed by atoms with Gasteiger partial charge in [-0.2, -0.15) is 0 Å². The Labute approximate surface area is 159 Å². The molecule has 0 spiro atoms. The average molecular weight is 363 g/mol. The van der Waals surface area contributed by atoms with Crippen LogP contribution < -0.4 is 5.32 Å². The normalized spacial score (nSPS) is 18.2. The van der Waals surface area contributed by atoms with Gasteiger partial charge in [0.25, 0.3) is 5.91 Å². The van der Waals surface area contributed by atoms with Gasteiger partial charge in [0, 0.05) is 18.3 Å². The Hall–Kier alpha value is -2.69. The van der Waals surface area contributed by atoms with E-state index in [4.69, 9.17) is 0 Å². The number of nitrogens with one attached hydrogen (secondary N) is 1. The molecule has 5 nitrogen and oxygen atoms in total. The van der Waals surface area contributed by atoms with E-state index in [1.165, 1.54) is 19.3 Å². The summed E-state index contributed by atoms with van der Waals surface area (Å²) >= 11 is 0. The van der Waals surface area contributed by atoms with Gasteiger partial charge in [-0.15, -0.1) is 0 Å². The summed E-state index contributed by atoms with van der Waals surface area (Å²) in [5.74, 6) is 0.845. The quantitative estimate of drug-likeness (QED) is 0.873. The lowest BCUT2D eigenvalue weighted by molar-refractivity contribution is -0.121. The molecule has 1 aromatic carbocycles. The van der Waals surface area contributed by atoms with Crippen molar-refractivity contribution in [2.45, 2.75) is 51.1 Å². The maximum absolute atomic E-state index is 13.1. The molecule has 1 atom stereocenters. The summed E-state index contributed by atoms with van der Waals surface area (Å²) in [4.78, 5) is 32.0. The van der Waals surface area contributed by atoms with Crippen LogP contribution in [0.25, 0.3) is 0 Å². The molecule has 2 amide bonds. The summed E-state index contributed by atoms with van der Waals surface area (Å²) in [5, 5.41) is 2.91. The predicted octanol–water partition coefficient (Wildman–Crippen LogP) is 4.02. The summed E-state index contributed by atoms with van der Waals surface area (Å²) < 4.78 is 0. The SMILES string of the molecule is O=C(Nc1ccccn1)[C@@H](CC1CCCCC1)N1Cc2ccccc2C1=O. The topological polar surface area (TPSA) is 62.3 Å². The van der Waals surface area contributed by atoms with Crippen molar-refractivity contribution in [1.82, 2.24) is 9.88 Å². The largest absolute Gasteiger partial charge is 0.322 e. The number of benzene rings is 1. The van der Waals surface area contributed by atoms with E-state index in [-0.39, 0.29) is 11.8 Å². The Bertz CT molecular complexity index is 815. The molecular weight excluding hydrogens is 338 g/mol. The zero-order valence-electron chi connectivity index (χ0n) is 15.4. The van der Waals surface area contributed by atoms with Crippen molar-refractivity contribution >= 4 is 17.6 Å². The monoisotopic (exact) mass is 363 g/mol. The van der Waals surface area contributed by atoms with Crippen molar-refractivity contribution in [3.8, 4) is 0 Å². The molecular formula is C22H25N3O2. The number of amides is 2. The van der Waals surface area contributed by atoms with Gasteiger partial charge in [0.1, 0.15) is 11.9 Å². The van der Waals surface area contributed by atoms with Gasteiger partial charge in [0.2, 0.25) is 5.91 Å². The number of hydrogen-bond acceptors (Lipinski definition) is 3. The Morgan fingerprint density at radius 3 is 2.63 bits per heavy atom. The first-order chi connectivity index (χ1) is 13.2. The number of hydrogen-bond donors (Lipinski definition) is 1. The summed E-state index contributed by atoms with van der Waals surface area (Å²) in [6.45, 7) is 0.502. The molecule has 27 heavy (non-hydrogen) atoms. The fraction of sp³-hybridized carbons (Fsp3) is 0.409. The van der Waals surface area contributed by atoms with Gasteiger partial charge in [-0.25, -0.2) is 4.98 Å². The van der Waals surface area contributed by atoms with E-state index in [0.29, 0.717) is 18.3 Å². The van der Waals surface area contributed by atoms with Crippen LogP contribution in [0.2, 0.25) is 0 Å². The first-order valence-electron chi connectivity index (χ1n) is 9.83. The Morgan fingerprint density at radius 1 is 1.11 bits per heavy atom. The molecule has 140 valence electrons. The lowest BCUT2D eigenvalue weighted by Gasteiger charge is -2.31. The third kappa shape index (κ3) is 3.87. The van der Waals surface area contributed by atoms with Gasteiger partial charge in [-0.1, -0.05) is 56.4 Å². The average Bonchev–Trinajstić information content (AvgIpc) is 3.04. The summed E-state index contributed by atoms with van der Waals surface area (Å²) in [6, 6.07) is 12.6. The Balaban J connectivity index is 1.56. The minimum Gasteiger partial charge on any atom is -0.322 e. The molecule has 0 radical (unpaired) electrons. The molecule has 0 unspecified atom stereocenters. The number of anilines is 1. The zero-order valence-corrected chi connectivity index (χ0v) is 15.4. The molecule has 1 aliphatic heterocycles. The second-order valence-corrected chi connectivity index (χ2v) is 7.55. The number of carbonyl (C=O) groups is 2. The highest BCUT2D eigenvalue weighted by Crippen LogP contribution is 2.32. The van der Waals surface area contributed by atoms with Crippen LogP contribution >= 0.6 is 0 Å². The first-order valence-corrected chi connectivity index (χ1v) is 9.83. The van der Waals surface area contributed by atoms with E-state index >= 15 is 0 Å². The number of rotatable bonds is 5. The van der Waals surface area contributed by atoms with Gasteiger partial charge in [-0.3, -0.25) is 9.59 Å². The molecule has 1 fully saturated rings. The smallest absolute Gasteiger partial charge is 0.255 e. The van der Waals surface area contributed by atoms with Crippen molar-refractivity contribution in [3.05, 3.63) is 59.8 Å². The van der Waals surface area contributed by atoms with Crippen molar-refractivity contribution in [2.24, 2.45) is 5.92 Å². The highest BCUT2D eigenvalue weighted by Gasteiger charge is 2.37. The van der Waals surface area contributed by atoms with E-state index in [9.17, 15) is 9.59 Å². The third-order valence-corrected chi connectivity index (χ3v) is 5.73. The van der Waals surface area contributed by atoms with E-state index < -0.39 is 6.04 Å². The summed E-state index contributed by atoms with van der Waals surface area (Å²) in [7, 11) is 0. The van der Waals surface area contributed by atoms with Crippen LogP contribution in [-0.4, -0.2) is 27.7 Å². The van der Waals surface area contributed by atoms with Crippen molar-refractivity contribution in [3.63, 3.8) is 0 Å². The maximum atomic E-state index is 13.1. The fourth-order valence-corrected chi connectivity index (χ4v) is 4.29. The summed E-state index contributed by atoms with van der Waals surface area (Å²) in [5.41, 5.74) is 1.72. The molecule has 2 aromatic rings. The van der Waals surface area contributed by atoms with Crippen molar-refractivity contribution in [2.75, 3.05) is 5.32 Å². The molecule has 0 saturated heterocycles. The van der Waals surface area contributed by atoms with Crippen LogP contribution in [0.5, 0.6) is 0 Å². The van der Waals surface area contributed by atoms with Gasteiger partial charge in [-0.05, 0) is 36.1 Å². The number of carbonyl (C=O) groups excluding carboxylic acids is 2. The first kappa shape index (κ1) is 17.7. The zero-order chi connectivity index (χ0) is 18.6. The predicted molar refractivity (Wildman–Crippen MR) is 104 cm³/mol. The van der Waals surface area contributed by atoms with Crippen LogP contribution in [0.15, 0.2) is 48.7 Å². The van der Waals surface area contributed by atoms with E-state index in [1.54, 1.807) is 17.2 Å². The maximum Gasteiger partial charge on any atom is 0.255 e. The molecule has 2 aliphatic rings. The standard InChI is InChI=1S/C22H25N3O2/c26-21(24-20-12-6-7-13-23-20)19(14-16-8-2-1-3-9-16)25-15-17-10-4-5-11-18(17)22(25)27/h4-7,10-13,16,19H,1-3,8-9,14-15H2,(H,23,24,26)/t19-/m1/s1. The second-order valence-electron chi connectivity index (χ2n) is 7.55. The lowest BCUT2D eigenvalue weighted by Crippen LogP contribution is -2.45. The highest BCUT2D eigenvalue weighted by atomic mass is 16.2. The molecule has 2 heterocycles. The van der Waals surface area contributed by atoms with E-state index in [0.717, 1.165) is 30.4 Å². The molecule has 1 saturated carbocycles. The van der Waals surface area contributed by atoms with Gasteiger partial charge in [0.05, 0.1) is 0 Å². The molecule has 4 rings (SSSR count). The van der Waals surface area contributed by atoms with Crippen LogP contribution in [0.3, 0.4) is 0 Å². The van der Waals surface area contributed by atoms with Crippen molar-refractivity contribution in [1.29, 1.82) is 0 Å². The van der Waals surface area contributed by atoms with Gasteiger partial charge >= 0.3 is 0 Å². The molecule has 0 bridgehead atoms. The lowest BCUT2D eigenvalue weighted by atomic mass is 9.84. The Morgan fingerprint density at radius 2 is 1.89 bits per heavy atom. The Kier molecular flexibility index (Phi) is 5.19. The van der Waals surface area contributed by atoms with Crippen LogP contribution in [-0.2, 0) is 11.3 Å². The highest BCUT2D eigenvalue weighted by molar-refractivity contribution is 6.03. The minimum atomic E-state index is -0.463. The molecule has 5 heteroatoms. The third-order valence-electron chi connectivity index (χ3n) is 5.73. The number of pyridine rings is 1. The second kappa shape index (κ2) is 7.91. The van der Waals surface area contributed by atoms with Gasteiger partial charge in [0.15, 0.2) is 0 Å². The number of aromatic nitrogens is 1. The minimum absolute atomic E-state index is 0.0393. The van der Waals surface area contributed by atoms with Crippen LogP contribution in [0.4, 0.5) is 5.82 Å². The van der Waals surface area contributed by atoms with E-state index in [1.807, 2.05) is 36.4 Å².